The Hall–Kier alpha value is -3.36. The van der Waals surface area contributed by atoms with Crippen molar-refractivity contribution in [1.29, 1.82) is 0 Å². The third-order valence-electron chi connectivity index (χ3n) is 4.76. The van der Waals surface area contributed by atoms with E-state index in [0.29, 0.717) is 55.8 Å². The number of methoxy groups -OCH3 is 1. The van der Waals surface area contributed by atoms with E-state index in [0.717, 1.165) is 0 Å². The second-order valence-corrected chi connectivity index (χ2v) is 6.71. The number of carbonyl (C=O) groups excluding carboxylic acids is 2. The van der Waals surface area contributed by atoms with Crippen LogP contribution in [0.5, 0.6) is 11.5 Å². The van der Waals surface area contributed by atoms with Crippen molar-refractivity contribution in [3.05, 3.63) is 42.2 Å². The smallest absolute Gasteiger partial charge is 0.339 e. The van der Waals surface area contributed by atoms with Crippen molar-refractivity contribution in [3.8, 4) is 11.5 Å². The van der Waals surface area contributed by atoms with E-state index in [4.69, 9.17) is 14.2 Å². The number of hydrogen-bond acceptors (Lipinski definition) is 8. The van der Waals surface area contributed by atoms with Crippen LogP contribution >= 0.6 is 0 Å². The Balaban J connectivity index is 1.56. The largest absolute Gasteiger partial charge is 0.493 e. The van der Waals surface area contributed by atoms with Crippen molar-refractivity contribution in [2.75, 3.05) is 44.8 Å². The summed E-state index contributed by atoms with van der Waals surface area (Å²) in [6.45, 7) is 6.18. The summed E-state index contributed by atoms with van der Waals surface area (Å²) in [5, 5.41) is 0. The second kappa shape index (κ2) is 9.91. The molecule has 1 fully saturated rings. The molecule has 160 valence electrons. The highest BCUT2D eigenvalue weighted by atomic mass is 16.5. The second-order valence-electron chi connectivity index (χ2n) is 6.71. The van der Waals surface area contributed by atoms with Gasteiger partial charge >= 0.3 is 5.97 Å². The Morgan fingerprint density at radius 3 is 2.43 bits per heavy atom. The van der Waals surface area contributed by atoms with E-state index in [9.17, 15) is 9.59 Å². The van der Waals surface area contributed by atoms with Gasteiger partial charge in [0.15, 0.2) is 17.6 Å². The van der Waals surface area contributed by atoms with Crippen LogP contribution in [0, 0.1) is 0 Å². The van der Waals surface area contributed by atoms with Gasteiger partial charge in [-0.25, -0.2) is 14.8 Å². The van der Waals surface area contributed by atoms with Gasteiger partial charge in [-0.2, -0.15) is 0 Å². The molecular formula is C21H26N4O5. The fourth-order valence-corrected chi connectivity index (χ4v) is 3.19. The standard InChI is InChI=1S/C21H26N4O5/c1-4-29-17-7-6-16(14-18(17)28-3)20(27)30-15(2)19(26)24-10-12-25(13-11-24)21-22-8-5-9-23-21/h5-9,14-15H,4,10-13H2,1-3H3. The molecule has 1 aromatic heterocycles. The average Bonchev–Trinajstić information content (AvgIpc) is 2.79. The van der Waals surface area contributed by atoms with Crippen molar-refractivity contribution in [2.24, 2.45) is 0 Å². The van der Waals surface area contributed by atoms with Crippen LogP contribution in [0.25, 0.3) is 0 Å². The molecule has 3 rings (SSSR count). The number of anilines is 1. The maximum atomic E-state index is 12.7. The van der Waals surface area contributed by atoms with Crippen LogP contribution < -0.4 is 14.4 Å². The highest BCUT2D eigenvalue weighted by Gasteiger charge is 2.28. The van der Waals surface area contributed by atoms with E-state index in [-0.39, 0.29) is 5.91 Å². The molecule has 1 amide bonds. The molecule has 1 aromatic carbocycles. The van der Waals surface area contributed by atoms with E-state index in [2.05, 4.69) is 9.97 Å². The van der Waals surface area contributed by atoms with Crippen LogP contribution in [-0.2, 0) is 9.53 Å². The molecule has 0 aliphatic carbocycles. The summed E-state index contributed by atoms with van der Waals surface area (Å²) in [5.74, 6) is 0.808. The number of rotatable bonds is 7. The summed E-state index contributed by atoms with van der Waals surface area (Å²) < 4.78 is 16.1. The van der Waals surface area contributed by atoms with Crippen molar-refractivity contribution < 1.29 is 23.8 Å². The lowest BCUT2D eigenvalue weighted by Gasteiger charge is -2.35. The summed E-state index contributed by atoms with van der Waals surface area (Å²) in [4.78, 5) is 37.4. The van der Waals surface area contributed by atoms with Crippen molar-refractivity contribution in [2.45, 2.75) is 20.0 Å². The highest BCUT2D eigenvalue weighted by molar-refractivity contribution is 5.93. The summed E-state index contributed by atoms with van der Waals surface area (Å²) in [5.41, 5.74) is 0.293. The number of hydrogen-bond donors (Lipinski definition) is 0. The summed E-state index contributed by atoms with van der Waals surface area (Å²) in [6, 6.07) is 6.55. The normalized spacial score (nSPS) is 14.8. The maximum Gasteiger partial charge on any atom is 0.339 e. The topological polar surface area (TPSA) is 94.1 Å². The van der Waals surface area contributed by atoms with Gasteiger partial charge < -0.3 is 24.0 Å². The Kier molecular flexibility index (Phi) is 7.05. The molecule has 0 radical (unpaired) electrons. The molecular weight excluding hydrogens is 388 g/mol. The van der Waals surface area contributed by atoms with Crippen molar-refractivity contribution in [3.63, 3.8) is 0 Å². The molecule has 9 heteroatoms. The minimum absolute atomic E-state index is 0.227. The first kappa shape index (κ1) is 21.4. The van der Waals surface area contributed by atoms with Gasteiger partial charge in [0.2, 0.25) is 5.95 Å². The Morgan fingerprint density at radius 2 is 1.80 bits per heavy atom. The van der Waals surface area contributed by atoms with Crippen LogP contribution in [0.4, 0.5) is 5.95 Å². The number of aromatic nitrogens is 2. The Bertz CT molecular complexity index is 869. The van der Waals surface area contributed by atoms with Gasteiger partial charge in [0.25, 0.3) is 5.91 Å². The van der Waals surface area contributed by atoms with Gasteiger partial charge in [0.1, 0.15) is 0 Å². The van der Waals surface area contributed by atoms with Gasteiger partial charge in [-0.05, 0) is 38.1 Å². The van der Waals surface area contributed by atoms with Gasteiger partial charge in [-0.15, -0.1) is 0 Å². The number of nitrogens with zero attached hydrogens (tertiary/aromatic N) is 4. The van der Waals surface area contributed by atoms with Gasteiger partial charge in [-0.3, -0.25) is 4.79 Å². The third kappa shape index (κ3) is 4.97. The Morgan fingerprint density at radius 1 is 1.10 bits per heavy atom. The average molecular weight is 414 g/mol. The zero-order chi connectivity index (χ0) is 21.5. The zero-order valence-electron chi connectivity index (χ0n) is 17.4. The molecule has 0 saturated carbocycles. The molecule has 9 nitrogen and oxygen atoms in total. The Labute approximate surface area is 175 Å². The minimum Gasteiger partial charge on any atom is -0.493 e. The van der Waals surface area contributed by atoms with E-state index < -0.39 is 12.1 Å². The summed E-state index contributed by atoms with van der Waals surface area (Å²) in [7, 11) is 1.50. The SMILES string of the molecule is CCOc1ccc(C(=O)OC(C)C(=O)N2CCN(c3ncccn3)CC2)cc1OC. The number of esters is 1. The highest BCUT2D eigenvalue weighted by Crippen LogP contribution is 2.28. The maximum absolute atomic E-state index is 12.7. The molecule has 1 aliphatic rings. The number of benzene rings is 1. The van der Waals surface area contributed by atoms with Crippen LogP contribution in [0.1, 0.15) is 24.2 Å². The van der Waals surface area contributed by atoms with E-state index in [1.807, 2.05) is 11.8 Å². The monoisotopic (exact) mass is 414 g/mol. The van der Waals surface area contributed by atoms with Crippen molar-refractivity contribution in [1.82, 2.24) is 14.9 Å². The molecule has 1 atom stereocenters. The molecule has 30 heavy (non-hydrogen) atoms. The number of ether oxygens (including phenoxy) is 3. The van der Waals surface area contributed by atoms with Crippen LogP contribution in [0.15, 0.2) is 36.7 Å². The number of carbonyl (C=O) groups is 2. The molecule has 0 N–H and O–H groups in total. The summed E-state index contributed by atoms with van der Waals surface area (Å²) >= 11 is 0. The number of piperazine rings is 1. The number of amides is 1. The predicted octanol–water partition coefficient (Wildman–Crippen LogP) is 1.78. The van der Waals surface area contributed by atoms with Gasteiger partial charge in [-0.1, -0.05) is 0 Å². The first-order valence-corrected chi connectivity index (χ1v) is 9.86. The molecule has 0 spiro atoms. The molecule has 1 saturated heterocycles. The van der Waals surface area contributed by atoms with E-state index in [1.54, 1.807) is 48.5 Å². The molecule has 1 unspecified atom stereocenters. The summed E-state index contributed by atoms with van der Waals surface area (Å²) in [6.07, 6.45) is 2.49. The van der Waals surface area contributed by atoms with Crippen LogP contribution in [-0.4, -0.2) is 72.7 Å². The lowest BCUT2D eigenvalue weighted by Crippen LogP contribution is -2.52. The van der Waals surface area contributed by atoms with E-state index >= 15 is 0 Å². The first-order chi connectivity index (χ1) is 14.5. The van der Waals surface area contributed by atoms with Crippen molar-refractivity contribution >= 4 is 17.8 Å². The van der Waals surface area contributed by atoms with E-state index in [1.165, 1.54) is 7.11 Å². The molecule has 2 heterocycles. The fraction of sp³-hybridized carbons (Fsp3) is 0.429. The fourth-order valence-electron chi connectivity index (χ4n) is 3.19. The molecule has 2 aromatic rings. The molecule has 1 aliphatic heterocycles. The van der Waals surface area contributed by atoms with Crippen LogP contribution in [0.2, 0.25) is 0 Å². The lowest BCUT2D eigenvalue weighted by atomic mass is 10.2. The van der Waals surface area contributed by atoms with Crippen LogP contribution in [0.3, 0.4) is 0 Å². The molecule has 0 bridgehead atoms. The predicted molar refractivity (Wildman–Crippen MR) is 110 cm³/mol. The van der Waals surface area contributed by atoms with Gasteiger partial charge in [0, 0.05) is 38.6 Å². The first-order valence-electron chi connectivity index (χ1n) is 9.86. The minimum atomic E-state index is -0.894. The quantitative estimate of drug-likeness (QED) is 0.633. The third-order valence-corrected chi connectivity index (χ3v) is 4.76. The zero-order valence-corrected chi connectivity index (χ0v) is 17.4. The lowest BCUT2D eigenvalue weighted by molar-refractivity contribution is -0.140. The van der Waals surface area contributed by atoms with Gasteiger partial charge in [0.05, 0.1) is 19.3 Å².